The predicted octanol–water partition coefficient (Wildman–Crippen LogP) is 2.69. The molecule has 150 valence electrons. The number of allylic oxidation sites excluding steroid dienone is 6. The van der Waals surface area contributed by atoms with Crippen LogP contribution in [0.3, 0.4) is 0 Å². The Labute approximate surface area is 221 Å². The molecule has 1 unspecified atom stereocenters. The molecule has 0 radical (unpaired) electrons. The molecule has 31 heavy (non-hydrogen) atoms. The summed E-state index contributed by atoms with van der Waals surface area (Å²) in [6.07, 6.45) is 10.6. The molecule has 0 saturated carbocycles. The van der Waals surface area contributed by atoms with E-state index >= 15 is 0 Å². The van der Waals surface area contributed by atoms with E-state index in [1.54, 1.807) is 0 Å². The van der Waals surface area contributed by atoms with Crippen molar-refractivity contribution in [2.45, 2.75) is 32.7 Å². The van der Waals surface area contributed by atoms with E-state index in [1.807, 2.05) is 22.8 Å². The van der Waals surface area contributed by atoms with E-state index in [0.717, 1.165) is 35.4 Å². The van der Waals surface area contributed by atoms with Gasteiger partial charge in [-0.25, -0.2) is 10.1 Å². The van der Waals surface area contributed by atoms with Crippen molar-refractivity contribution in [2.75, 3.05) is 0 Å². The van der Waals surface area contributed by atoms with Crippen molar-refractivity contribution >= 4 is 62.6 Å². The average Bonchev–Trinajstić information content (AvgIpc) is 3.51. The van der Waals surface area contributed by atoms with E-state index in [1.165, 1.54) is 22.3 Å². The van der Waals surface area contributed by atoms with E-state index in [0.29, 0.717) is 5.82 Å². The number of rotatable bonds is 5. The van der Waals surface area contributed by atoms with Crippen LogP contribution in [0, 0.1) is 0 Å². The van der Waals surface area contributed by atoms with E-state index < -0.39 is 0 Å². The van der Waals surface area contributed by atoms with Crippen LogP contribution in [-0.2, 0) is 12.8 Å². The van der Waals surface area contributed by atoms with Crippen LogP contribution in [0.2, 0.25) is 0 Å². The first-order valence-electron chi connectivity index (χ1n) is 10.2. The second kappa shape index (κ2) is 8.07. The molecule has 2 bridgehead atoms. The van der Waals surface area contributed by atoms with Crippen LogP contribution in [0.1, 0.15) is 36.8 Å². The minimum atomic E-state index is 0. The molecule has 1 N–H and O–H groups in total. The summed E-state index contributed by atoms with van der Waals surface area (Å²) in [6.45, 7) is 4.25. The Balaban J connectivity index is 0.00000204. The molecule has 1 atom stereocenters. The summed E-state index contributed by atoms with van der Waals surface area (Å²) in [5, 5.41) is 19.2. The topological polar surface area (TPSA) is 89.6 Å². The fraction of sp³-hybridized carbons (Fsp3) is 0.227. The first-order chi connectivity index (χ1) is 14.8. The molecule has 6 rings (SSSR count). The van der Waals surface area contributed by atoms with Gasteiger partial charge in [0.15, 0.2) is 17.3 Å². The Morgan fingerprint density at radius 3 is 2.61 bits per heavy atom. The van der Waals surface area contributed by atoms with Gasteiger partial charge in [-0.3, -0.25) is 4.68 Å². The van der Waals surface area contributed by atoms with Gasteiger partial charge >= 0.3 is 51.4 Å². The zero-order chi connectivity index (χ0) is 20.2. The van der Waals surface area contributed by atoms with Gasteiger partial charge in [0.25, 0.3) is 0 Å². The molecule has 3 aromatic heterocycles. The zero-order valence-corrected chi connectivity index (χ0v) is 16.7. The molecule has 1 aromatic carbocycles. The van der Waals surface area contributed by atoms with Crippen LogP contribution < -0.4 is 0 Å². The molecule has 9 heteroatoms. The Morgan fingerprint density at radius 2 is 1.90 bits per heavy atom. The Hall–Kier alpha value is -2.17. The number of tetrazole rings is 1. The van der Waals surface area contributed by atoms with Crippen LogP contribution >= 0.6 is 0 Å². The number of fused-ring (bicyclic) bond motifs is 3. The fourth-order valence-electron chi connectivity index (χ4n) is 4.36. The molecular formula is C22H21KN8. The molecule has 2 aliphatic carbocycles. The molecule has 3 heterocycles. The summed E-state index contributed by atoms with van der Waals surface area (Å²) in [5.41, 5.74) is 7.98. The van der Waals surface area contributed by atoms with E-state index in [2.05, 4.69) is 69.6 Å². The van der Waals surface area contributed by atoms with Crippen LogP contribution in [0.4, 0.5) is 0 Å². The normalized spacial score (nSPS) is 17.0. The number of hydrogen-bond acceptors (Lipinski definition) is 5. The molecule has 2 aliphatic rings. The van der Waals surface area contributed by atoms with E-state index in [-0.39, 0.29) is 57.4 Å². The standard InChI is InChI=1S/C22H20N8.K.H/c1-3-13-12-29(30-22(13)23-19(4-2)26-30)20-14-9-10-16(18(20)11-14)15-7-5-6-8-17(15)21-24-27-28-25-21;;/h5-12,20H,3-4H2,1-2H3,(H,24,25,27,28);;. The van der Waals surface area contributed by atoms with Gasteiger partial charge in [-0.05, 0) is 39.1 Å². The van der Waals surface area contributed by atoms with E-state index in [4.69, 9.17) is 10.1 Å². The summed E-state index contributed by atoms with van der Waals surface area (Å²) < 4.78 is 4.19. The first-order valence-corrected chi connectivity index (χ1v) is 10.2. The second-order valence-electron chi connectivity index (χ2n) is 7.53. The third-order valence-electron chi connectivity index (χ3n) is 5.89. The average molecular weight is 437 g/mol. The third kappa shape index (κ3) is 3.14. The van der Waals surface area contributed by atoms with Gasteiger partial charge in [-0.2, -0.15) is 4.63 Å². The molecule has 0 aliphatic heterocycles. The summed E-state index contributed by atoms with van der Waals surface area (Å²) in [4.78, 5) is 4.73. The number of hydrogen-bond donors (Lipinski definition) is 1. The zero-order valence-electron chi connectivity index (χ0n) is 16.7. The van der Waals surface area contributed by atoms with Gasteiger partial charge < -0.3 is 0 Å². The summed E-state index contributed by atoms with van der Waals surface area (Å²) in [7, 11) is 0. The number of benzene rings is 1. The van der Waals surface area contributed by atoms with Gasteiger partial charge in [0, 0.05) is 23.7 Å². The van der Waals surface area contributed by atoms with Crippen molar-refractivity contribution in [1.29, 1.82) is 0 Å². The molecule has 0 spiro atoms. The third-order valence-corrected chi connectivity index (χ3v) is 5.89. The second-order valence-corrected chi connectivity index (χ2v) is 7.53. The van der Waals surface area contributed by atoms with Crippen LogP contribution in [0.25, 0.3) is 22.6 Å². The van der Waals surface area contributed by atoms with E-state index in [9.17, 15) is 0 Å². The number of aromatic amines is 1. The number of H-pyrrole nitrogens is 1. The van der Waals surface area contributed by atoms with Gasteiger partial charge in [-0.1, -0.05) is 56.3 Å². The van der Waals surface area contributed by atoms with Crippen molar-refractivity contribution < 1.29 is 0 Å². The Morgan fingerprint density at radius 1 is 1.06 bits per heavy atom. The molecule has 4 aromatic rings. The maximum absolute atomic E-state index is 4.75. The first kappa shape index (κ1) is 20.7. The minimum absolute atomic E-state index is 0. The van der Waals surface area contributed by atoms with Crippen molar-refractivity contribution in [3.8, 4) is 11.4 Å². The monoisotopic (exact) mass is 436 g/mol. The fourth-order valence-corrected chi connectivity index (χ4v) is 4.36. The van der Waals surface area contributed by atoms with Crippen molar-refractivity contribution in [3.05, 3.63) is 76.8 Å². The van der Waals surface area contributed by atoms with Crippen LogP contribution in [0.15, 0.2) is 59.8 Å². The van der Waals surface area contributed by atoms with Crippen molar-refractivity contribution in [1.82, 2.24) is 40.0 Å². The summed E-state index contributed by atoms with van der Waals surface area (Å²) in [5.74, 6) is 1.54. The summed E-state index contributed by atoms with van der Waals surface area (Å²) in [6, 6.07) is 8.33. The number of nitrogens with zero attached hydrogens (tertiary/aromatic N) is 7. The van der Waals surface area contributed by atoms with Crippen molar-refractivity contribution in [2.24, 2.45) is 0 Å². The Kier molecular flexibility index (Phi) is 5.39. The predicted molar refractivity (Wildman–Crippen MR) is 120 cm³/mol. The number of nitrogens with one attached hydrogen (secondary N) is 1. The van der Waals surface area contributed by atoms with Crippen LogP contribution in [-0.4, -0.2) is 91.4 Å². The van der Waals surface area contributed by atoms with Crippen molar-refractivity contribution in [3.63, 3.8) is 0 Å². The Bertz CT molecular complexity index is 1370. The number of aryl methyl sites for hydroxylation is 2. The van der Waals surface area contributed by atoms with Gasteiger partial charge in [0.1, 0.15) is 6.04 Å². The molecule has 8 nitrogen and oxygen atoms in total. The molecule has 0 saturated heterocycles. The molecule has 0 fully saturated rings. The summed E-state index contributed by atoms with van der Waals surface area (Å²) >= 11 is 0. The molecular weight excluding hydrogens is 415 g/mol. The van der Waals surface area contributed by atoms with Gasteiger partial charge in [0.2, 0.25) is 0 Å². The quantitative estimate of drug-likeness (QED) is 0.486. The van der Waals surface area contributed by atoms with Gasteiger partial charge in [-0.15, -0.1) is 10.2 Å². The van der Waals surface area contributed by atoms with Crippen LogP contribution in [0.5, 0.6) is 0 Å². The van der Waals surface area contributed by atoms with Gasteiger partial charge in [0.05, 0.1) is 0 Å². The SMILES string of the molecule is CCc1nc2c(CC)cn(C3C4=CC=C(c5ccccc5-c5nnn[nH]5)C3=C4)n2n1.[KH]. The molecule has 0 amide bonds. The maximum atomic E-state index is 4.75. The number of aromatic nitrogens is 8.